The lowest BCUT2D eigenvalue weighted by Crippen LogP contribution is -2.52. The molecule has 7 N–H and O–H groups in total. The third kappa shape index (κ3) is 24.6. The van der Waals surface area contributed by atoms with Crippen molar-refractivity contribution < 1.29 is 54.9 Å². The summed E-state index contributed by atoms with van der Waals surface area (Å²) in [4.78, 5) is 32.1. The number of aryl methyl sites for hydroxylation is 3. The van der Waals surface area contributed by atoms with Crippen LogP contribution in [0.5, 0.6) is 23.0 Å². The fraction of sp³-hybridized carbons (Fsp3) is 0.443. The first-order valence-electron chi connectivity index (χ1n) is 37.7. The number of piperidine rings is 2. The molecular weight excluding hydrogens is 1690 g/mol. The van der Waals surface area contributed by atoms with E-state index in [0.717, 1.165) is 129 Å². The zero-order valence-electron chi connectivity index (χ0n) is 67.7. The number of nitrogens with two attached hydrogens (primary N) is 1. The van der Waals surface area contributed by atoms with Crippen molar-refractivity contribution in [2.24, 2.45) is 0 Å². The van der Waals surface area contributed by atoms with Gasteiger partial charge in [-0.3, -0.25) is 14.4 Å². The van der Waals surface area contributed by atoms with Gasteiger partial charge in [0.2, 0.25) is 11.2 Å². The Bertz CT molecular complexity index is 4960. The van der Waals surface area contributed by atoms with Crippen molar-refractivity contribution in [2.45, 2.75) is 83.2 Å². The number of methoxy groups -OCH3 is 4. The molecular formula is C79H107Br2ClF2N18O10P2S. The van der Waals surface area contributed by atoms with E-state index >= 15 is 8.78 Å². The highest BCUT2D eigenvalue weighted by atomic mass is 79.9. The van der Waals surface area contributed by atoms with Gasteiger partial charge in [0.25, 0.3) is 10.1 Å². The molecule has 115 heavy (non-hydrogen) atoms. The molecule has 0 amide bonds. The molecule has 0 bridgehead atoms. The number of nitrogen functional groups attached to an aromatic ring is 1. The molecule has 4 aliphatic rings. The predicted octanol–water partition coefficient (Wildman–Crippen LogP) is 13.9. The van der Waals surface area contributed by atoms with Crippen LogP contribution in [0.25, 0.3) is 11.4 Å². The quantitative estimate of drug-likeness (QED) is 0.0168. The number of hydrogen-bond acceptors (Lipinski definition) is 25. The molecule has 0 atom stereocenters. The number of nitrogens with zero attached hydrogens (tertiary/aromatic N) is 14. The first-order chi connectivity index (χ1) is 54.6. The monoisotopic (exact) mass is 1790 g/mol. The minimum absolute atomic E-state index is 0.0270. The second-order valence-electron chi connectivity index (χ2n) is 29.2. The maximum Gasteiger partial charge on any atom is 0.294 e. The lowest BCUT2D eigenvalue weighted by Gasteiger charge is -2.42. The van der Waals surface area contributed by atoms with E-state index in [4.69, 9.17) is 50.9 Å². The topological polar surface area (TPSA) is 314 Å². The van der Waals surface area contributed by atoms with Gasteiger partial charge in [0, 0.05) is 133 Å². The molecule has 0 spiro atoms. The van der Waals surface area contributed by atoms with Gasteiger partial charge in [0.05, 0.1) is 100 Å². The summed E-state index contributed by atoms with van der Waals surface area (Å²) in [7, 11) is 0.702. The standard InChI is InChI=1S/C34H44BrFN9O3P.C18H30N4O.C16H15BrClFN5O2P.C7H8O3S.C4H10O/c1-22-17-29(44-11-9-23(10-12-44)43-15-13-42(2)14-16-43)30(48-4)18-27(22)40-34-37-20-25(35)33(41-34)39-26-7-8-28(31(36)32(26)49(5,6)46)45-21-24(47-3)19-38-45;1-14-12-17(18(23-3)13-16(14)19)22-6-4-15(5-7-22)21-10-8-20(2)9-11-21;1-26-9-6-21-24(8-9)12-5-4-11(14(13(12)19)27(2,3)25)22-15-10(17)7-20-16(18)23-15;1-6-2-4-7(5-3-6)11(8,9)10;1-2-3-4-5/h7-8,17-21,23H,9-16H2,1-6H3,(H2,37,39,40,41);12-13,15H,4-11,19H2,1-3H3;4-8H,1-3H3,(H,20,22,23);2-5H,1H3,(H,8,9,10);5H,2-4H2,1H3. The SMILES string of the molecule is CCCCO.COc1cc(N)c(C)cc1N1CCC(N2CCN(C)CC2)CC1.COc1cnn(-c2ccc(Nc3nc(Cl)ncc3Br)c(P(C)(C)=O)c2F)c1.COc1cnn(-c2ccc(Nc3nc(Nc4cc(OC)c(N5CCC(N6CCN(C)CC6)CC5)cc4C)ncc3Br)c(P(C)(C)=O)c2F)c1.Cc1ccc(S(=O)(=O)O)cc1. The first kappa shape index (κ1) is 90.9. The molecule has 0 aliphatic carbocycles. The van der Waals surface area contributed by atoms with Gasteiger partial charge in [0.1, 0.15) is 48.8 Å². The van der Waals surface area contributed by atoms with Crippen LogP contribution in [0.4, 0.5) is 60.5 Å². The summed E-state index contributed by atoms with van der Waals surface area (Å²) >= 11 is 12.7. The maximum atomic E-state index is 16.0. The Kier molecular flexibility index (Phi) is 32.7. The molecule has 13 rings (SSSR count). The molecule has 0 unspecified atom stereocenters. The molecule has 36 heteroatoms. The van der Waals surface area contributed by atoms with Crippen molar-refractivity contribution in [1.82, 2.24) is 59.1 Å². The Morgan fingerprint density at radius 2 is 1.01 bits per heavy atom. The fourth-order valence-electron chi connectivity index (χ4n) is 13.6. The summed E-state index contributed by atoms with van der Waals surface area (Å²) in [6.07, 6.45) is 15.9. The number of likely N-dealkylation sites (N-methyl/N-ethyl adjacent to an activating group) is 2. The lowest BCUT2D eigenvalue weighted by molar-refractivity contribution is 0.0981. The Morgan fingerprint density at radius 3 is 1.41 bits per heavy atom. The van der Waals surface area contributed by atoms with Crippen molar-refractivity contribution in [3.05, 3.63) is 153 Å². The molecule has 0 radical (unpaired) electrons. The van der Waals surface area contributed by atoms with Crippen LogP contribution in [-0.2, 0) is 19.2 Å². The third-order valence-corrected chi connectivity index (χ3v) is 25.4. The van der Waals surface area contributed by atoms with E-state index in [9.17, 15) is 17.5 Å². The number of ether oxygens (including phenoxy) is 4. The van der Waals surface area contributed by atoms with Crippen LogP contribution in [-0.4, -0.2) is 244 Å². The summed E-state index contributed by atoms with van der Waals surface area (Å²) < 4.78 is 113. The normalized spacial score (nSPS) is 15.5. The van der Waals surface area contributed by atoms with Crippen LogP contribution < -0.4 is 61.0 Å². The highest BCUT2D eigenvalue weighted by Gasteiger charge is 2.32. The van der Waals surface area contributed by atoms with E-state index in [2.05, 4.69) is 142 Å². The van der Waals surface area contributed by atoms with Gasteiger partial charge in [0.15, 0.2) is 23.1 Å². The minimum atomic E-state index is -4.02. The summed E-state index contributed by atoms with van der Waals surface area (Å²) in [6, 6.07) is 22.0. The minimum Gasteiger partial charge on any atom is -0.495 e. The van der Waals surface area contributed by atoms with E-state index in [0.29, 0.717) is 62.1 Å². The molecule has 8 heterocycles. The van der Waals surface area contributed by atoms with Crippen molar-refractivity contribution in [1.29, 1.82) is 0 Å². The number of hydrogen-bond donors (Lipinski definition) is 6. The number of halogens is 5. The Labute approximate surface area is 695 Å². The number of piperazine rings is 2. The zero-order valence-corrected chi connectivity index (χ0v) is 74.2. The number of aliphatic hydroxyl groups is 1. The molecule has 4 fully saturated rings. The van der Waals surface area contributed by atoms with Crippen LogP contribution >= 0.6 is 57.7 Å². The number of aromatic nitrogens is 8. The smallest absolute Gasteiger partial charge is 0.294 e. The Hall–Kier alpha value is -8.04. The number of rotatable bonds is 21. The van der Waals surface area contributed by atoms with E-state index in [1.165, 1.54) is 138 Å². The summed E-state index contributed by atoms with van der Waals surface area (Å²) in [6.45, 7) is 27.9. The van der Waals surface area contributed by atoms with Crippen molar-refractivity contribution in [3.63, 3.8) is 0 Å². The van der Waals surface area contributed by atoms with Crippen LogP contribution in [0.2, 0.25) is 5.28 Å². The Balaban J connectivity index is 0.000000192. The number of anilines is 9. The number of unbranched alkanes of at least 4 members (excludes halogenated alkanes) is 1. The highest BCUT2D eigenvalue weighted by Crippen LogP contribution is 2.44. The number of benzene rings is 5. The molecule has 4 saturated heterocycles. The molecule has 4 aliphatic heterocycles. The van der Waals surface area contributed by atoms with Gasteiger partial charge < -0.3 is 74.5 Å². The summed E-state index contributed by atoms with van der Waals surface area (Å²) in [5, 5.41) is 26.0. The third-order valence-electron chi connectivity index (χ3n) is 20.2. The largest absolute Gasteiger partial charge is 0.495 e. The van der Waals surface area contributed by atoms with Gasteiger partial charge in [-0.2, -0.15) is 28.6 Å². The van der Waals surface area contributed by atoms with Crippen molar-refractivity contribution in [3.8, 4) is 34.4 Å². The van der Waals surface area contributed by atoms with Gasteiger partial charge in [-0.25, -0.2) is 28.1 Å². The molecule has 5 aromatic carbocycles. The summed E-state index contributed by atoms with van der Waals surface area (Å²) in [5.74, 6) is 2.39. The average molecular weight is 1800 g/mol. The number of nitrogens with one attached hydrogen (secondary N) is 3. The molecule has 9 aromatic rings. The average Bonchev–Trinajstić information content (AvgIpc) is 1.56. The molecule has 28 nitrogen and oxygen atoms in total. The van der Waals surface area contributed by atoms with Crippen LogP contribution in [0.3, 0.4) is 0 Å². The van der Waals surface area contributed by atoms with E-state index < -0.39 is 36.0 Å². The van der Waals surface area contributed by atoms with Gasteiger partial charge in [-0.15, -0.1) is 0 Å². The molecule has 4 aromatic heterocycles. The maximum absolute atomic E-state index is 16.0. The van der Waals surface area contributed by atoms with Crippen molar-refractivity contribution in [2.75, 3.05) is 186 Å². The predicted molar refractivity (Wildman–Crippen MR) is 464 cm³/mol. The van der Waals surface area contributed by atoms with Crippen LogP contribution in [0.15, 0.2) is 124 Å². The lowest BCUT2D eigenvalue weighted by atomic mass is 10.0. The van der Waals surface area contributed by atoms with E-state index in [1.54, 1.807) is 56.9 Å². The summed E-state index contributed by atoms with van der Waals surface area (Å²) in [5.41, 5.74) is 14.0. The zero-order chi connectivity index (χ0) is 83.6. The fourth-order valence-corrected chi connectivity index (χ4v) is 17.4. The van der Waals surface area contributed by atoms with E-state index in [1.807, 2.05) is 26.0 Å². The first-order valence-corrected chi connectivity index (χ1v) is 46.3. The highest BCUT2D eigenvalue weighted by molar-refractivity contribution is 9.11. The van der Waals surface area contributed by atoms with E-state index in [-0.39, 0.29) is 32.2 Å². The molecule has 0 saturated carbocycles. The van der Waals surface area contributed by atoms with Gasteiger partial charge in [-0.1, -0.05) is 31.0 Å². The van der Waals surface area contributed by atoms with Gasteiger partial charge >= 0.3 is 0 Å². The second-order valence-corrected chi connectivity index (χ2v) is 39.0. The Morgan fingerprint density at radius 1 is 0.574 bits per heavy atom. The number of aliphatic hydroxyl groups excluding tert-OH is 1. The molecule has 624 valence electrons. The van der Waals surface area contributed by atoms with Crippen LogP contribution in [0, 0.1) is 32.4 Å². The van der Waals surface area contributed by atoms with Crippen LogP contribution in [0.1, 0.15) is 62.1 Å². The van der Waals surface area contributed by atoms with Crippen molar-refractivity contribution >= 4 is 130 Å². The second kappa shape index (κ2) is 41.4. The van der Waals surface area contributed by atoms with Gasteiger partial charge in [-0.05, 0) is 197 Å².